The first-order chi connectivity index (χ1) is 10.7. The first kappa shape index (κ1) is 15.7. The lowest BCUT2D eigenvalue weighted by atomic mass is 10.1. The Morgan fingerprint density at radius 3 is 2.43 bits per heavy atom. The van der Waals surface area contributed by atoms with Gasteiger partial charge in [-0.15, -0.1) is 0 Å². The van der Waals surface area contributed by atoms with Crippen LogP contribution in [0.3, 0.4) is 0 Å². The Balaban J connectivity index is 1.82. The highest BCUT2D eigenvalue weighted by atomic mass is 35.5. The van der Waals surface area contributed by atoms with Gasteiger partial charge < -0.3 is 5.32 Å². The van der Waals surface area contributed by atoms with Crippen LogP contribution in [0.25, 0.3) is 0 Å². The zero-order valence-corrected chi connectivity index (χ0v) is 12.6. The molecule has 0 spiro atoms. The molecule has 0 aromatic carbocycles. The van der Waals surface area contributed by atoms with Gasteiger partial charge in [0, 0.05) is 31.1 Å². The van der Waals surface area contributed by atoms with Crippen molar-refractivity contribution in [2.24, 2.45) is 7.05 Å². The van der Waals surface area contributed by atoms with Gasteiger partial charge in [-0.3, -0.25) is 9.48 Å². The van der Waals surface area contributed by atoms with Gasteiger partial charge in [0.25, 0.3) is 5.91 Å². The molecule has 0 saturated heterocycles. The zero-order valence-electron chi connectivity index (χ0n) is 11.9. The van der Waals surface area contributed by atoms with E-state index in [1.165, 1.54) is 19.4 Å². The third-order valence-electron chi connectivity index (χ3n) is 3.68. The number of aryl methyl sites for hydroxylation is 1. The third kappa shape index (κ3) is 3.00. The van der Waals surface area contributed by atoms with Gasteiger partial charge in [0.1, 0.15) is 5.69 Å². The van der Waals surface area contributed by atoms with Crippen molar-refractivity contribution in [2.75, 3.05) is 0 Å². The summed E-state index contributed by atoms with van der Waals surface area (Å²) in [4.78, 5) is 20.0. The fraction of sp³-hybridized carbons (Fsp3) is 0.385. The number of rotatable bonds is 3. The Kier molecular flexibility index (Phi) is 3.55. The Bertz CT molecular complexity index is 752. The maximum Gasteiger partial charge on any atom is 0.435 e. The molecule has 23 heavy (non-hydrogen) atoms. The summed E-state index contributed by atoms with van der Waals surface area (Å²) in [6, 6.07) is 0.726. The predicted octanol–water partition coefficient (Wildman–Crippen LogP) is 2.30. The molecule has 1 aliphatic rings. The van der Waals surface area contributed by atoms with E-state index in [0.717, 1.165) is 10.7 Å². The molecule has 3 rings (SSSR count). The molecule has 6 nitrogen and oxygen atoms in total. The van der Waals surface area contributed by atoms with Crippen LogP contribution in [-0.4, -0.2) is 25.7 Å². The molecule has 2 heterocycles. The number of carbonyl (C=O) groups is 1. The van der Waals surface area contributed by atoms with Crippen molar-refractivity contribution in [3.63, 3.8) is 0 Å². The SMILES string of the molecule is Cn1nc(C(F)(F)F)cc1C(=O)NC1(c2cnc(Cl)nc2)CC1. The van der Waals surface area contributed by atoms with Gasteiger partial charge in [0.05, 0.1) is 5.54 Å². The second-order valence-corrected chi connectivity index (χ2v) is 5.65. The summed E-state index contributed by atoms with van der Waals surface area (Å²) in [7, 11) is 1.29. The number of alkyl halides is 3. The summed E-state index contributed by atoms with van der Waals surface area (Å²) >= 11 is 5.62. The molecule has 10 heteroatoms. The van der Waals surface area contributed by atoms with E-state index in [0.29, 0.717) is 18.4 Å². The molecule has 0 radical (unpaired) electrons. The van der Waals surface area contributed by atoms with Crippen LogP contribution in [-0.2, 0) is 18.8 Å². The Labute approximate surface area is 133 Å². The molecule has 0 atom stereocenters. The molecule has 0 bridgehead atoms. The number of amides is 1. The minimum Gasteiger partial charge on any atom is -0.341 e. The number of aromatic nitrogens is 4. The zero-order chi connectivity index (χ0) is 16.8. The maximum absolute atomic E-state index is 12.7. The van der Waals surface area contributed by atoms with Crippen LogP contribution in [0.4, 0.5) is 13.2 Å². The molecule has 122 valence electrons. The summed E-state index contributed by atoms with van der Waals surface area (Å²) in [5, 5.41) is 6.14. The molecule has 2 aromatic heterocycles. The molecule has 2 aromatic rings. The molecule has 1 N–H and O–H groups in total. The molecule has 0 aliphatic heterocycles. The standard InChI is InChI=1S/C13H11ClF3N5O/c1-22-8(4-9(21-22)13(15,16)17)10(23)20-12(2-3-12)7-5-18-11(14)19-6-7/h4-6H,2-3H2,1H3,(H,20,23). The van der Waals surface area contributed by atoms with Gasteiger partial charge in [0.15, 0.2) is 5.69 Å². The first-order valence-electron chi connectivity index (χ1n) is 6.63. The largest absolute Gasteiger partial charge is 0.435 e. The van der Waals surface area contributed by atoms with E-state index in [1.807, 2.05) is 0 Å². The highest BCUT2D eigenvalue weighted by molar-refractivity contribution is 6.28. The van der Waals surface area contributed by atoms with Crippen LogP contribution in [0, 0.1) is 0 Å². The van der Waals surface area contributed by atoms with Crippen LogP contribution >= 0.6 is 11.6 Å². The smallest absolute Gasteiger partial charge is 0.341 e. The van der Waals surface area contributed by atoms with Gasteiger partial charge in [-0.05, 0) is 24.4 Å². The second-order valence-electron chi connectivity index (χ2n) is 5.31. The topological polar surface area (TPSA) is 72.7 Å². The van der Waals surface area contributed by atoms with Gasteiger partial charge in [0.2, 0.25) is 5.28 Å². The van der Waals surface area contributed by atoms with E-state index >= 15 is 0 Å². The average Bonchev–Trinajstić information content (AvgIpc) is 3.11. The van der Waals surface area contributed by atoms with Crippen LogP contribution in [0.5, 0.6) is 0 Å². The summed E-state index contributed by atoms with van der Waals surface area (Å²) in [6.45, 7) is 0. The van der Waals surface area contributed by atoms with Gasteiger partial charge in [-0.2, -0.15) is 18.3 Å². The van der Waals surface area contributed by atoms with E-state index in [2.05, 4.69) is 20.4 Å². The predicted molar refractivity (Wildman–Crippen MR) is 73.6 cm³/mol. The summed E-state index contributed by atoms with van der Waals surface area (Å²) in [6.07, 6.45) is -0.320. The highest BCUT2D eigenvalue weighted by Crippen LogP contribution is 2.45. The average molecular weight is 346 g/mol. The fourth-order valence-corrected chi connectivity index (χ4v) is 2.37. The van der Waals surface area contributed by atoms with E-state index in [4.69, 9.17) is 11.6 Å². The number of nitrogens with zero attached hydrogens (tertiary/aromatic N) is 4. The minimum atomic E-state index is -4.60. The normalized spacial score (nSPS) is 16.2. The van der Waals surface area contributed by atoms with Crippen LogP contribution in [0.2, 0.25) is 5.28 Å². The highest BCUT2D eigenvalue weighted by Gasteiger charge is 2.47. The number of carbonyl (C=O) groups excluding carboxylic acids is 1. The number of hydrogen-bond donors (Lipinski definition) is 1. The van der Waals surface area contributed by atoms with E-state index in [-0.39, 0.29) is 11.0 Å². The Hall–Kier alpha value is -2.16. The van der Waals surface area contributed by atoms with Gasteiger partial charge >= 0.3 is 6.18 Å². The van der Waals surface area contributed by atoms with Crippen molar-refractivity contribution in [2.45, 2.75) is 24.6 Å². The summed E-state index contributed by atoms with van der Waals surface area (Å²) in [5.41, 5.74) is -1.28. The Morgan fingerprint density at radius 1 is 1.35 bits per heavy atom. The van der Waals surface area contributed by atoms with E-state index in [9.17, 15) is 18.0 Å². The lowest BCUT2D eigenvalue weighted by molar-refractivity contribution is -0.141. The molecule has 0 unspecified atom stereocenters. The van der Waals surface area contributed by atoms with Crippen molar-refractivity contribution in [1.82, 2.24) is 25.1 Å². The van der Waals surface area contributed by atoms with Crippen molar-refractivity contribution in [3.05, 3.63) is 40.7 Å². The van der Waals surface area contributed by atoms with Crippen molar-refractivity contribution in [1.29, 1.82) is 0 Å². The fourth-order valence-electron chi connectivity index (χ4n) is 2.27. The Morgan fingerprint density at radius 2 is 1.96 bits per heavy atom. The molecule has 1 aliphatic carbocycles. The van der Waals surface area contributed by atoms with Crippen LogP contribution in [0.15, 0.2) is 18.5 Å². The monoisotopic (exact) mass is 345 g/mol. The lowest BCUT2D eigenvalue weighted by Gasteiger charge is -2.17. The molecule has 1 fully saturated rings. The third-order valence-corrected chi connectivity index (χ3v) is 3.87. The van der Waals surface area contributed by atoms with E-state index in [1.54, 1.807) is 0 Å². The molecular formula is C13H11ClF3N5O. The number of hydrogen-bond acceptors (Lipinski definition) is 4. The summed E-state index contributed by atoms with van der Waals surface area (Å²) < 4.78 is 38.9. The van der Waals surface area contributed by atoms with E-state index < -0.39 is 23.3 Å². The van der Waals surface area contributed by atoms with Gasteiger partial charge in [-0.1, -0.05) is 0 Å². The van der Waals surface area contributed by atoms with Crippen molar-refractivity contribution in [3.8, 4) is 0 Å². The first-order valence-corrected chi connectivity index (χ1v) is 7.01. The molecular weight excluding hydrogens is 335 g/mol. The number of nitrogens with one attached hydrogen (secondary N) is 1. The van der Waals surface area contributed by atoms with Gasteiger partial charge in [-0.25, -0.2) is 9.97 Å². The van der Waals surface area contributed by atoms with Crippen LogP contribution in [0.1, 0.15) is 34.6 Å². The lowest BCUT2D eigenvalue weighted by Crippen LogP contribution is -2.36. The second kappa shape index (κ2) is 5.19. The quantitative estimate of drug-likeness (QED) is 0.866. The van der Waals surface area contributed by atoms with Crippen molar-refractivity contribution >= 4 is 17.5 Å². The number of halogens is 4. The molecule has 1 amide bonds. The maximum atomic E-state index is 12.7. The molecule has 1 saturated carbocycles. The minimum absolute atomic E-state index is 0.0809. The van der Waals surface area contributed by atoms with Crippen LogP contribution < -0.4 is 5.32 Å². The van der Waals surface area contributed by atoms with Crippen molar-refractivity contribution < 1.29 is 18.0 Å². The summed E-state index contributed by atoms with van der Waals surface area (Å²) in [5.74, 6) is -0.636.